The summed E-state index contributed by atoms with van der Waals surface area (Å²) in [6.45, 7) is 10.8. The summed E-state index contributed by atoms with van der Waals surface area (Å²) in [5, 5.41) is 0. The summed E-state index contributed by atoms with van der Waals surface area (Å²) in [6, 6.07) is 0. The van der Waals surface area contributed by atoms with Crippen LogP contribution in [0.4, 0.5) is 0 Å². The van der Waals surface area contributed by atoms with Crippen LogP contribution in [0.15, 0.2) is 0 Å². The minimum Gasteiger partial charge on any atom is -0.345 e. The molecule has 0 aromatic heterocycles. The molecule has 0 radical (unpaired) electrons. The lowest BCUT2D eigenvalue weighted by Gasteiger charge is -2.28. The molecule has 0 rings (SSSR count). The van der Waals surface area contributed by atoms with Crippen molar-refractivity contribution in [3.05, 3.63) is 0 Å². The third-order valence-electron chi connectivity index (χ3n) is 6.34. The molecule has 184 valence electrons. The molecular weight excluding hydrogens is 384 g/mol. The fourth-order valence-corrected chi connectivity index (χ4v) is 4.09. The predicted molar refractivity (Wildman–Crippen MR) is 134 cm³/mol. The van der Waals surface area contributed by atoms with E-state index in [4.69, 9.17) is 0 Å². The minimum absolute atomic E-state index is 0.0138. The molecular formula is C27H54N2O2. The Bertz CT molecular complexity index is 439. The zero-order chi connectivity index (χ0) is 23.3. The van der Waals surface area contributed by atoms with E-state index in [1.807, 2.05) is 18.9 Å². The minimum atomic E-state index is -0.559. The molecule has 0 fully saturated rings. The molecule has 0 saturated carbocycles. The fourth-order valence-electron chi connectivity index (χ4n) is 4.09. The van der Waals surface area contributed by atoms with Gasteiger partial charge in [0.25, 0.3) is 0 Å². The quantitative estimate of drug-likeness (QED) is 0.140. The first-order valence-electron chi connectivity index (χ1n) is 13.5. The maximum Gasteiger partial charge on any atom is 0.234 e. The molecule has 0 saturated heterocycles. The number of rotatable bonds is 21. The summed E-state index contributed by atoms with van der Waals surface area (Å²) >= 11 is 0. The van der Waals surface area contributed by atoms with Crippen molar-refractivity contribution in [1.29, 1.82) is 0 Å². The van der Waals surface area contributed by atoms with Gasteiger partial charge in [0.05, 0.1) is 0 Å². The fraction of sp³-hybridized carbons (Fsp3) is 0.926. The molecule has 0 aromatic carbocycles. The van der Waals surface area contributed by atoms with Gasteiger partial charge in [-0.3, -0.25) is 9.59 Å². The Balaban J connectivity index is 4.53. The first-order chi connectivity index (χ1) is 15.0. The van der Waals surface area contributed by atoms with Gasteiger partial charge in [0, 0.05) is 26.7 Å². The van der Waals surface area contributed by atoms with Crippen molar-refractivity contribution in [2.24, 2.45) is 5.92 Å². The van der Waals surface area contributed by atoms with E-state index in [0.717, 1.165) is 45.3 Å². The highest BCUT2D eigenvalue weighted by Gasteiger charge is 2.28. The molecule has 31 heavy (non-hydrogen) atoms. The number of carbonyl (C=O) groups is 2. The average Bonchev–Trinajstić information content (AvgIpc) is 2.78. The molecule has 4 nitrogen and oxygen atoms in total. The van der Waals surface area contributed by atoms with Gasteiger partial charge in [-0.2, -0.15) is 0 Å². The third-order valence-corrected chi connectivity index (χ3v) is 6.34. The Morgan fingerprint density at radius 1 is 0.548 bits per heavy atom. The van der Waals surface area contributed by atoms with Gasteiger partial charge in [0.2, 0.25) is 11.8 Å². The SMILES string of the molecule is CCCCCCCCN(C)C(=O)C(C)C(=O)N(CCCCCC)CCCCCCCC. The summed E-state index contributed by atoms with van der Waals surface area (Å²) in [7, 11) is 1.86. The van der Waals surface area contributed by atoms with Gasteiger partial charge in [0.1, 0.15) is 5.92 Å². The summed E-state index contributed by atoms with van der Waals surface area (Å²) in [5.74, 6) is -0.540. The van der Waals surface area contributed by atoms with E-state index in [0.29, 0.717) is 0 Å². The number of unbranched alkanes of at least 4 members (excludes halogenated alkanes) is 13. The molecule has 1 unspecified atom stereocenters. The molecule has 4 heteroatoms. The number of nitrogens with zero attached hydrogens (tertiary/aromatic N) is 2. The number of hydrogen-bond donors (Lipinski definition) is 0. The first kappa shape index (κ1) is 29.9. The van der Waals surface area contributed by atoms with Gasteiger partial charge < -0.3 is 9.80 Å². The first-order valence-corrected chi connectivity index (χ1v) is 13.5. The topological polar surface area (TPSA) is 40.6 Å². The van der Waals surface area contributed by atoms with E-state index in [2.05, 4.69) is 20.8 Å². The molecule has 0 heterocycles. The van der Waals surface area contributed by atoms with Gasteiger partial charge in [0.15, 0.2) is 0 Å². The van der Waals surface area contributed by atoms with Crippen LogP contribution in [0.25, 0.3) is 0 Å². The lowest BCUT2D eigenvalue weighted by Crippen LogP contribution is -2.44. The molecule has 0 aliphatic rings. The van der Waals surface area contributed by atoms with Crippen molar-refractivity contribution in [2.45, 2.75) is 130 Å². The van der Waals surface area contributed by atoms with Crippen LogP contribution >= 0.6 is 0 Å². The molecule has 2 amide bonds. The van der Waals surface area contributed by atoms with Gasteiger partial charge in [-0.1, -0.05) is 104 Å². The smallest absolute Gasteiger partial charge is 0.234 e. The monoisotopic (exact) mass is 438 g/mol. The molecule has 0 aliphatic carbocycles. The van der Waals surface area contributed by atoms with Gasteiger partial charge in [-0.05, 0) is 26.2 Å². The molecule has 0 aliphatic heterocycles. The van der Waals surface area contributed by atoms with Crippen LogP contribution in [-0.2, 0) is 9.59 Å². The van der Waals surface area contributed by atoms with Crippen molar-refractivity contribution in [3.8, 4) is 0 Å². The summed E-state index contributed by atoms with van der Waals surface area (Å²) in [5.41, 5.74) is 0. The highest BCUT2D eigenvalue weighted by molar-refractivity contribution is 5.99. The van der Waals surface area contributed by atoms with E-state index in [-0.39, 0.29) is 11.8 Å². The second kappa shape index (κ2) is 20.8. The lowest BCUT2D eigenvalue weighted by atomic mass is 10.1. The van der Waals surface area contributed by atoms with E-state index in [9.17, 15) is 9.59 Å². The van der Waals surface area contributed by atoms with Crippen LogP contribution in [0.2, 0.25) is 0 Å². The Labute approximate surface area is 194 Å². The molecule has 0 N–H and O–H groups in total. The van der Waals surface area contributed by atoms with Crippen molar-refractivity contribution >= 4 is 11.8 Å². The van der Waals surface area contributed by atoms with Crippen molar-refractivity contribution < 1.29 is 9.59 Å². The largest absolute Gasteiger partial charge is 0.345 e. The number of amides is 2. The molecule has 0 bridgehead atoms. The maximum absolute atomic E-state index is 13.1. The van der Waals surface area contributed by atoms with E-state index in [1.165, 1.54) is 77.0 Å². The highest BCUT2D eigenvalue weighted by Crippen LogP contribution is 2.13. The van der Waals surface area contributed by atoms with Crippen LogP contribution in [0.3, 0.4) is 0 Å². The second-order valence-electron chi connectivity index (χ2n) is 9.40. The Morgan fingerprint density at radius 2 is 0.903 bits per heavy atom. The molecule has 0 aromatic rings. The Morgan fingerprint density at radius 3 is 1.35 bits per heavy atom. The Hall–Kier alpha value is -1.06. The number of hydrogen-bond acceptors (Lipinski definition) is 2. The van der Waals surface area contributed by atoms with Gasteiger partial charge in [-0.15, -0.1) is 0 Å². The normalized spacial score (nSPS) is 12.0. The summed E-state index contributed by atoms with van der Waals surface area (Å²) in [4.78, 5) is 29.8. The standard InChI is InChI=1S/C27H54N2O2/c1-6-9-12-15-17-19-22-28(5)26(30)25(4)27(31)29(23-20-14-11-8-3)24-21-18-16-13-10-7-2/h25H,6-24H2,1-5H3. The van der Waals surface area contributed by atoms with Crippen molar-refractivity contribution in [3.63, 3.8) is 0 Å². The zero-order valence-corrected chi connectivity index (χ0v) is 21.7. The van der Waals surface area contributed by atoms with Crippen LogP contribution < -0.4 is 0 Å². The predicted octanol–water partition coefficient (Wildman–Crippen LogP) is 7.21. The van der Waals surface area contributed by atoms with Crippen LogP contribution in [-0.4, -0.2) is 48.3 Å². The highest BCUT2D eigenvalue weighted by atomic mass is 16.2. The van der Waals surface area contributed by atoms with E-state index < -0.39 is 5.92 Å². The molecule has 0 spiro atoms. The van der Waals surface area contributed by atoms with Gasteiger partial charge in [-0.25, -0.2) is 0 Å². The van der Waals surface area contributed by atoms with Crippen molar-refractivity contribution in [2.75, 3.05) is 26.7 Å². The van der Waals surface area contributed by atoms with Crippen LogP contribution in [0.1, 0.15) is 130 Å². The zero-order valence-electron chi connectivity index (χ0n) is 21.7. The van der Waals surface area contributed by atoms with E-state index in [1.54, 1.807) is 4.90 Å². The van der Waals surface area contributed by atoms with Crippen LogP contribution in [0, 0.1) is 5.92 Å². The Kier molecular flexibility index (Phi) is 20.1. The molecule has 1 atom stereocenters. The van der Waals surface area contributed by atoms with Gasteiger partial charge >= 0.3 is 0 Å². The average molecular weight is 439 g/mol. The third kappa shape index (κ3) is 15.4. The van der Waals surface area contributed by atoms with E-state index >= 15 is 0 Å². The van der Waals surface area contributed by atoms with Crippen LogP contribution in [0.5, 0.6) is 0 Å². The number of carbonyl (C=O) groups excluding carboxylic acids is 2. The summed E-state index contributed by atoms with van der Waals surface area (Å²) < 4.78 is 0. The summed E-state index contributed by atoms with van der Waals surface area (Å²) in [6.07, 6.45) is 19.2. The van der Waals surface area contributed by atoms with Crippen molar-refractivity contribution in [1.82, 2.24) is 9.80 Å². The maximum atomic E-state index is 13.1. The second-order valence-corrected chi connectivity index (χ2v) is 9.40. The lowest BCUT2D eigenvalue weighted by molar-refractivity contribution is -0.146.